The van der Waals surface area contributed by atoms with Gasteiger partial charge in [-0.1, -0.05) is 29.4 Å². The molecular formula is C21H25ClN6OS2. The van der Waals surface area contributed by atoms with Crippen LogP contribution in [0.2, 0.25) is 5.15 Å². The van der Waals surface area contributed by atoms with Crippen molar-refractivity contribution >= 4 is 40.6 Å². The van der Waals surface area contributed by atoms with Gasteiger partial charge in [0.25, 0.3) is 0 Å². The van der Waals surface area contributed by atoms with E-state index in [1.54, 1.807) is 22.2 Å². The Morgan fingerprint density at radius 3 is 2.87 bits per heavy atom. The Morgan fingerprint density at radius 2 is 2.13 bits per heavy atom. The normalized spacial score (nSPS) is 15.3. The highest BCUT2D eigenvalue weighted by Crippen LogP contribution is 2.25. The van der Waals surface area contributed by atoms with Gasteiger partial charge in [0.1, 0.15) is 5.15 Å². The molecule has 3 aromatic rings. The summed E-state index contributed by atoms with van der Waals surface area (Å²) in [6.07, 6.45) is 2.70. The van der Waals surface area contributed by atoms with Crippen molar-refractivity contribution < 1.29 is 4.79 Å². The average Bonchev–Trinajstić information content (AvgIpc) is 3.31. The first-order chi connectivity index (χ1) is 15.0. The van der Waals surface area contributed by atoms with Crippen molar-refractivity contribution in [3.63, 3.8) is 0 Å². The molecule has 0 bridgehead atoms. The van der Waals surface area contributed by atoms with Crippen LogP contribution in [0.25, 0.3) is 10.6 Å². The number of thiophene rings is 1. The van der Waals surface area contributed by atoms with E-state index < -0.39 is 0 Å². The summed E-state index contributed by atoms with van der Waals surface area (Å²) in [6, 6.07) is 5.94. The highest BCUT2D eigenvalue weighted by atomic mass is 35.5. The molecule has 0 radical (unpaired) electrons. The third kappa shape index (κ3) is 5.46. The Kier molecular flexibility index (Phi) is 7.27. The molecule has 1 aliphatic rings. The summed E-state index contributed by atoms with van der Waals surface area (Å²) in [7, 11) is 1.86. The molecule has 0 spiro atoms. The zero-order valence-electron chi connectivity index (χ0n) is 17.6. The van der Waals surface area contributed by atoms with Gasteiger partial charge in [0.05, 0.1) is 22.0 Å². The smallest absolute Gasteiger partial charge is 0.233 e. The van der Waals surface area contributed by atoms with Gasteiger partial charge in [0, 0.05) is 51.5 Å². The van der Waals surface area contributed by atoms with Crippen molar-refractivity contribution in [3.05, 3.63) is 46.2 Å². The number of aryl methyl sites for hydroxylation is 2. The number of hydrogen-bond acceptors (Lipinski definition) is 7. The summed E-state index contributed by atoms with van der Waals surface area (Å²) in [4.78, 5) is 27.1. The van der Waals surface area contributed by atoms with E-state index in [4.69, 9.17) is 11.6 Å². The summed E-state index contributed by atoms with van der Waals surface area (Å²) in [5.41, 5.74) is 2.93. The standard InChI is InChI=1S/C21H25ClN6OS2/c1-15-16(20(22)26(2)25-15)13-27-8-4-9-28(11-10-27)19(29)14-31-21-23-7-6-17(24-21)18-5-3-12-30-18/h3,5-7,12H,4,8-11,13-14H2,1-2H3. The monoisotopic (exact) mass is 476 g/mol. The van der Waals surface area contributed by atoms with E-state index in [2.05, 4.69) is 20.0 Å². The molecule has 7 nitrogen and oxygen atoms in total. The lowest BCUT2D eigenvalue weighted by Crippen LogP contribution is -2.36. The van der Waals surface area contributed by atoms with Crippen LogP contribution in [0.5, 0.6) is 0 Å². The van der Waals surface area contributed by atoms with Crippen LogP contribution in [0.15, 0.2) is 34.9 Å². The van der Waals surface area contributed by atoms with Crippen molar-refractivity contribution in [1.82, 2.24) is 29.5 Å². The van der Waals surface area contributed by atoms with Gasteiger partial charge in [0.15, 0.2) is 5.16 Å². The molecule has 31 heavy (non-hydrogen) atoms. The Bertz CT molecular complexity index is 1040. The van der Waals surface area contributed by atoms with Gasteiger partial charge in [0.2, 0.25) is 5.91 Å². The lowest BCUT2D eigenvalue weighted by Gasteiger charge is -2.22. The van der Waals surface area contributed by atoms with E-state index in [9.17, 15) is 4.79 Å². The van der Waals surface area contributed by atoms with E-state index in [-0.39, 0.29) is 5.91 Å². The zero-order chi connectivity index (χ0) is 21.8. The molecule has 1 aliphatic heterocycles. The van der Waals surface area contributed by atoms with Crippen molar-refractivity contribution in [3.8, 4) is 10.6 Å². The number of aromatic nitrogens is 4. The van der Waals surface area contributed by atoms with E-state index in [0.29, 0.717) is 22.6 Å². The SMILES string of the molecule is Cc1nn(C)c(Cl)c1CN1CCCN(C(=O)CSc2nccc(-c3cccs3)n2)CC1. The van der Waals surface area contributed by atoms with Gasteiger partial charge in [-0.2, -0.15) is 5.10 Å². The number of thioether (sulfide) groups is 1. The molecule has 0 saturated carbocycles. The Hall–Kier alpha value is -1.94. The fourth-order valence-corrected chi connectivity index (χ4v) is 5.31. The molecule has 0 aromatic carbocycles. The predicted octanol–water partition coefficient (Wildman–Crippen LogP) is 3.73. The van der Waals surface area contributed by atoms with Crippen LogP contribution >= 0.6 is 34.7 Å². The van der Waals surface area contributed by atoms with E-state index in [0.717, 1.165) is 54.4 Å². The van der Waals surface area contributed by atoms with Gasteiger partial charge in [-0.3, -0.25) is 14.4 Å². The molecule has 1 amide bonds. The number of amides is 1. The average molecular weight is 477 g/mol. The second-order valence-corrected chi connectivity index (χ2v) is 9.73. The second kappa shape index (κ2) is 10.1. The van der Waals surface area contributed by atoms with Crippen LogP contribution < -0.4 is 0 Å². The topological polar surface area (TPSA) is 67.2 Å². The van der Waals surface area contributed by atoms with Gasteiger partial charge >= 0.3 is 0 Å². The maximum Gasteiger partial charge on any atom is 0.233 e. The lowest BCUT2D eigenvalue weighted by atomic mass is 10.2. The second-order valence-electron chi connectivity index (χ2n) is 7.48. The number of carbonyl (C=O) groups is 1. The largest absolute Gasteiger partial charge is 0.341 e. The third-order valence-corrected chi connectivity index (χ3v) is 7.54. The molecule has 10 heteroatoms. The minimum absolute atomic E-state index is 0.132. The minimum Gasteiger partial charge on any atom is -0.341 e. The molecule has 0 N–H and O–H groups in total. The molecule has 1 fully saturated rings. The molecule has 164 valence electrons. The fourth-order valence-electron chi connectivity index (χ4n) is 3.64. The molecule has 0 unspecified atom stereocenters. The number of hydrogen-bond donors (Lipinski definition) is 0. The summed E-state index contributed by atoms with van der Waals surface area (Å²) < 4.78 is 1.71. The van der Waals surface area contributed by atoms with Crippen LogP contribution in [0.1, 0.15) is 17.7 Å². The van der Waals surface area contributed by atoms with Crippen molar-refractivity contribution in [1.29, 1.82) is 0 Å². The Balaban J connectivity index is 1.30. The van der Waals surface area contributed by atoms with E-state index in [1.165, 1.54) is 11.8 Å². The van der Waals surface area contributed by atoms with E-state index >= 15 is 0 Å². The van der Waals surface area contributed by atoms with Crippen LogP contribution in [0.4, 0.5) is 0 Å². The predicted molar refractivity (Wildman–Crippen MR) is 125 cm³/mol. The highest BCUT2D eigenvalue weighted by molar-refractivity contribution is 7.99. The van der Waals surface area contributed by atoms with Crippen LogP contribution in [0.3, 0.4) is 0 Å². The third-order valence-electron chi connectivity index (χ3n) is 5.32. The van der Waals surface area contributed by atoms with Crippen molar-refractivity contribution in [2.24, 2.45) is 7.05 Å². The Labute approximate surface area is 195 Å². The summed E-state index contributed by atoms with van der Waals surface area (Å²) in [6.45, 7) is 6.00. The number of halogens is 1. The number of rotatable bonds is 6. The van der Waals surface area contributed by atoms with Crippen molar-refractivity contribution in [2.45, 2.75) is 25.0 Å². The summed E-state index contributed by atoms with van der Waals surface area (Å²) >= 11 is 9.44. The summed E-state index contributed by atoms with van der Waals surface area (Å²) in [5.74, 6) is 0.481. The van der Waals surface area contributed by atoms with Gasteiger partial charge < -0.3 is 4.90 Å². The summed E-state index contributed by atoms with van der Waals surface area (Å²) in [5, 5.41) is 7.75. The molecule has 3 aromatic heterocycles. The van der Waals surface area contributed by atoms with Gasteiger partial charge in [-0.25, -0.2) is 9.97 Å². The van der Waals surface area contributed by atoms with Crippen molar-refractivity contribution in [2.75, 3.05) is 31.9 Å². The molecule has 4 rings (SSSR count). The maximum absolute atomic E-state index is 12.8. The van der Waals surface area contributed by atoms with Crippen LogP contribution in [-0.2, 0) is 18.4 Å². The van der Waals surface area contributed by atoms with Crippen LogP contribution in [-0.4, -0.2) is 67.4 Å². The van der Waals surface area contributed by atoms with Crippen LogP contribution in [0, 0.1) is 6.92 Å². The highest BCUT2D eigenvalue weighted by Gasteiger charge is 2.22. The molecule has 0 aliphatic carbocycles. The molecular weight excluding hydrogens is 452 g/mol. The number of carbonyl (C=O) groups excluding carboxylic acids is 1. The fraction of sp³-hybridized carbons (Fsp3) is 0.429. The minimum atomic E-state index is 0.132. The first-order valence-electron chi connectivity index (χ1n) is 10.2. The molecule has 1 saturated heterocycles. The zero-order valence-corrected chi connectivity index (χ0v) is 20.0. The quantitative estimate of drug-likeness (QED) is 0.399. The lowest BCUT2D eigenvalue weighted by molar-refractivity contribution is -0.128. The molecule has 0 atom stereocenters. The Morgan fingerprint density at radius 1 is 1.26 bits per heavy atom. The number of nitrogens with zero attached hydrogens (tertiary/aromatic N) is 6. The van der Waals surface area contributed by atoms with Gasteiger partial charge in [-0.05, 0) is 30.9 Å². The first-order valence-corrected chi connectivity index (χ1v) is 12.4. The molecule has 4 heterocycles. The maximum atomic E-state index is 12.8. The van der Waals surface area contributed by atoms with E-state index in [1.807, 2.05) is 42.5 Å². The van der Waals surface area contributed by atoms with Gasteiger partial charge in [-0.15, -0.1) is 11.3 Å². The first kappa shape index (κ1) is 22.3.